The molecule has 6 heteroatoms. The largest absolute Gasteiger partial charge is 0.336 e. The van der Waals surface area contributed by atoms with Crippen LogP contribution in [0.1, 0.15) is 16.1 Å². The molecule has 0 radical (unpaired) electrons. The lowest BCUT2D eigenvalue weighted by Crippen LogP contribution is -2.26. The standard InChI is InChI=1S/C12H11BrN2OS2/c1-15(5-8-6-18-7-14-8)12(16)10-4-9(17)2-3-11(10)13/h2-4,6-7,17H,5H2,1H3. The highest BCUT2D eigenvalue weighted by Crippen LogP contribution is 2.22. The van der Waals surface area contributed by atoms with E-state index in [0.29, 0.717) is 12.1 Å². The molecule has 0 saturated heterocycles. The Morgan fingerprint density at radius 3 is 3.00 bits per heavy atom. The van der Waals surface area contributed by atoms with Gasteiger partial charge in [0.05, 0.1) is 23.3 Å². The number of thiazole rings is 1. The van der Waals surface area contributed by atoms with E-state index >= 15 is 0 Å². The lowest BCUT2D eigenvalue weighted by molar-refractivity contribution is 0.0782. The number of aromatic nitrogens is 1. The highest BCUT2D eigenvalue weighted by atomic mass is 79.9. The number of halogens is 1. The van der Waals surface area contributed by atoms with Crippen LogP contribution >= 0.6 is 39.9 Å². The van der Waals surface area contributed by atoms with Crippen LogP contribution in [0, 0.1) is 0 Å². The summed E-state index contributed by atoms with van der Waals surface area (Å²) < 4.78 is 0.774. The van der Waals surface area contributed by atoms with Gasteiger partial charge in [0.1, 0.15) is 0 Å². The Kier molecular flexibility index (Phi) is 4.42. The summed E-state index contributed by atoms with van der Waals surface area (Å²) in [5, 5.41) is 1.94. The molecule has 2 rings (SSSR count). The fraction of sp³-hybridized carbons (Fsp3) is 0.167. The van der Waals surface area contributed by atoms with E-state index in [2.05, 4.69) is 33.5 Å². The van der Waals surface area contributed by atoms with Crippen LogP contribution < -0.4 is 0 Å². The average Bonchev–Trinajstić information content (AvgIpc) is 2.84. The van der Waals surface area contributed by atoms with Gasteiger partial charge < -0.3 is 4.90 Å². The van der Waals surface area contributed by atoms with Crippen molar-refractivity contribution in [3.63, 3.8) is 0 Å². The van der Waals surface area contributed by atoms with Crippen LogP contribution in [0.25, 0.3) is 0 Å². The number of amides is 1. The Balaban J connectivity index is 2.17. The molecule has 0 spiro atoms. The van der Waals surface area contributed by atoms with E-state index in [1.165, 1.54) is 11.3 Å². The number of benzene rings is 1. The minimum Gasteiger partial charge on any atom is -0.336 e. The molecule has 0 aliphatic rings. The molecule has 0 N–H and O–H groups in total. The first-order valence-electron chi connectivity index (χ1n) is 5.19. The first kappa shape index (κ1) is 13.6. The van der Waals surface area contributed by atoms with Gasteiger partial charge in [-0.25, -0.2) is 4.98 Å². The lowest BCUT2D eigenvalue weighted by Gasteiger charge is -2.17. The van der Waals surface area contributed by atoms with Crippen molar-refractivity contribution < 1.29 is 4.79 Å². The zero-order valence-electron chi connectivity index (χ0n) is 9.63. The van der Waals surface area contributed by atoms with Gasteiger partial charge in [-0.15, -0.1) is 24.0 Å². The maximum Gasteiger partial charge on any atom is 0.255 e. The molecule has 0 fully saturated rings. The Bertz CT molecular complexity index is 557. The van der Waals surface area contributed by atoms with E-state index in [9.17, 15) is 4.79 Å². The first-order valence-corrected chi connectivity index (χ1v) is 7.37. The molecule has 1 aromatic heterocycles. The Labute approximate surface area is 123 Å². The fourth-order valence-corrected chi connectivity index (χ4v) is 2.68. The van der Waals surface area contributed by atoms with Crippen LogP contribution in [0.3, 0.4) is 0 Å². The predicted molar refractivity (Wildman–Crippen MR) is 79.3 cm³/mol. The van der Waals surface area contributed by atoms with Gasteiger partial charge in [0, 0.05) is 21.8 Å². The molecular formula is C12H11BrN2OS2. The zero-order valence-corrected chi connectivity index (χ0v) is 12.9. The van der Waals surface area contributed by atoms with E-state index in [4.69, 9.17) is 0 Å². The number of rotatable bonds is 3. The van der Waals surface area contributed by atoms with Crippen LogP contribution in [0.4, 0.5) is 0 Å². The van der Waals surface area contributed by atoms with E-state index in [0.717, 1.165) is 15.1 Å². The van der Waals surface area contributed by atoms with Crippen LogP contribution in [0.5, 0.6) is 0 Å². The smallest absolute Gasteiger partial charge is 0.255 e. The summed E-state index contributed by atoms with van der Waals surface area (Å²) in [5.74, 6) is -0.0502. The molecule has 2 aromatic rings. The van der Waals surface area contributed by atoms with Crippen LogP contribution in [0.15, 0.2) is 38.5 Å². The fourth-order valence-electron chi connectivity index (χ4n) is 1.51. The molecule has 0 atom stereocenters. The van der Waals surface area contributed by atoms with Gasteiger partial charge in [0.15, 0.2) is 0 Å². The number of carbonyl (C=O) groups is 1. The number of hydrogen-bond acceptors (Lipinski definition) is 4. The van der Waals surface area contributed by atoms with Gasteiger partial charge >= 0.3 is 0 Å². The molecule has 0 aliphatic carbocycles. The van der Waals surface area contributed by atoms with Gasteiger partial charge in [-0.1, -0.05) is 0 Å². The molecule has 1 aromatic carbocycles. The van der Waals surface area contributed by atoms with Crippen molar-refractivity contribution in [2.75, 3.05) is 7.05 Å². The molecule has 0 saturated carbocycles. The van der Waals surface area contributed by atoms with Gasteiger partial charge in [0.2, 0.25) is 0 Å². The molecule has 94 valence electrons. The molecular weight excluding hydrogens is 332 g/mol. The summed E-state index contributed by atoms with van der Waals surface area (Å²) in [5.41, 5.74) is 3.27. The second-order valence-electron chi connectivity index (χ2n) is 3.81. The summed E-state index contributed by atoms with van der Waals surface area (Å²) in [4.78, 5) is 18.9. The minimum absolute atomic E-state index is 0.0502. The van der Waals surface area contributed by atoms with Crippen LogP contribution in [-0.4, -0.2) is 22.8 Å². The van der Waals surface area contributed by atoms with Crippen molar-refractivity contribution >= 4 is 45.8 Å². The monoisotopic (exact) mass is 342 g/mol. The molecule has 1 heterocycles. The summed E-state index contributed by atoms with van der Waals surface area (Å²) in [6, 6.07) is 5.42. The third kappa shape index (κ3) is 3.13. The molecule has 3 nitrogen and oxygen atoms in total. The van der Waals surface area contributed by atoms with Crippen LogP contribution in [-0.2, 0) is 6.54 Å². The van der Waals surface area contributed by atoms with E-state index in [-0.39, 0.29) is 5.91 Å². The lowest BCUT2D eigenvalue weighted by atomic mass is 10.2. The highest BCUT2D eigenvalue weighted by molar-refractivity contribution is 9.10. The van der Waals surface area contributed by atoms with Crippen molar-refractivity contribution in [3.8, 4) is 0 Å². The normalized spacial score (nSPS) is 10.4. The summed E-state index contributed by atoms with van der Waals surface area (Å²) >= 11 is 9.16. The first-order chi connectivity index (χ1) is 8.58. The van der Waals surface area contributed by atoms with Gasteiger partial charge in [-0.3, -0.25) is 4.79 Å². The van der Waals surface area contributed by atoms with E-state index in [1.54, 1.807) is 23.5 Å². The minimum atomic E-state index is -0.0502. The number of hydrogen-bond donors (Lipinski definition) is 1. The van der Waals surface area contributed by atoms with Crippen molar-refractivity contribution in [2.45, 2.75) is 11.4 Å². The summed E-state index contributed by atoms with van der Waals surface area (Å²) in [6.07, 6.45) is 0. The summed E-state index contributed by atoms with van der Waals surface area (Å²) in [7, 11) is 1.76. The number of carbonyl (C=O) groups excluding carboxylic acids is 1. The summed E-state index contributed by atoms with van der Waals surface area (Å²) in [6.45, 7) is 0.506. The Morgan fingerprint density at radius 2 is 2.33 bits per heavy atom. The Morgan fingerprint density at radius 1 is 1.56 bits per heavy atom. The average molecular weight is 343 g/mol. The number of nitrogens with zero attached hydrogens (tertiary/aromatic N) is 2. The third-order valence-electron chi connectivity index (χ3n) is 2.41. The molecule has 18 heavy (non-hydrogen) atoms. The van der Waals surface area contributed by atoms with E-state index < -0.39 is 0 Å². The highest BCUT2D eigenvalue weighted by Gasteiger charge is 2.15. The SMILES string of the molecule is CN(Cc1cscn1)C(=O)c1cc(S)ccc1Br. The maximum absolute atomic E-state index is 12.3. The van der Waals surface area contributed by atoms with Crippen molar-refractivity contribution in [3.05, 3.63) is 44.8 Å². The zero-order chi connectivity index (χ0) is 13.1. The second kappa shape index (κ2) is 5.86. The van der Waals surface area contributed by atoms with Crippen molar-refractivity contribution in [1.82, 2.24) is 9.88 Å². The van der Waals surface area contributed by atoms with Crippen molar-refractivity contribution in [1.29, 1.82) is 0 Å². The topological polar surface area (TPSA) is 33.2 Å². The molecule has 0 bridgehead atoms. The van der Waals surface area contributed by atoms with Gasteiger partial charge in [-0.2, -0.15) is 0 Å². The molecule has 0 aliphatic heterocycles. The number of thiol groups is 1. The van der Waals surface area contributed by atoms with Crippen LogP contribution in [0.2, 0.25) is 0 Å². The van der Waals surface area contributed by atoms with Gasteiger partial charge in [-0.05, 0) is 34.1 Å². The van der Waals surface area contributed by atoms with E-state index in [1.807, 2.05) is 17.5 Å². The Hall–Kier alpha value is -0.850. The molecule has 0 unspecified atom stereocenters. The quantitative estimate of drug-likeness (QED) is 0.866. The second-order valence-corrected chi connectivity index (χ2v) is 5.89. The maximum atomic E-state index is 12.3. The third-order valence-corrected chi connectivity index (χ3v) is 4.01. The predicted octanol–water partition coefficient (Wildman–Crippen LogP) is 3.47. The van der Waals surface area contributed by atoms with Crippen molar-refractivity contribution in [2.24, 2.45) is 0 Å². The molecule has 1 amide bonds. The van der Waals surface area contributed by atoms with Gasteiger partial charge in [0.25, 0.3) is 5.91 Å².